The molecule has 6 aromatic rings. The normalized spacial score (nSPS) is 13.9. The van der Waals surface area contributed by atoms with E-state index in [1.807, 2.05) is 0 Å². The van der Waals surface area contributed by atoms with Crippen molar-refractivity contribution in [1.29, 1.82) is 0 Å². The second kappa shape index (κ2) is 9.87. The Kier molecular flexibility index (Phi) is 6.09. The second-order valence-corrected chi connectivity index (χ2v) is 14.7. The Morgan fingerprint density at radius 1 is 0.511 bits per heavy atom. The summed E-state index contributed by atoms with van der Waals surface area (Å²) >= 11 is 0. The lowest BCUT2D eigenvalue weighted by Gasteiger charge is -2.47. The summed E-state index contributed by atoms with van der Waals surface area (Å²) in [5.41, 5.74) is 14.2. The number of fused-ring (bicyclic) bond motifs is 5. The predicted octanol–water partition coefficient (Wildman–Crippen LogP) is 10.1. The van der Waals surface area contributed by atoms with E-state index in [0.29, 0.717) is 0 Å². The first kappa shape index (κ1) is 27.8. The summed E-state index contributed by atoms with van der Waals surface area (Å²) in [7, 11) is 0. The summed E-state index contributed by atoms with van der Waals surface area (Å²) < 4.78 is 0. The molecule has 0 aliphatic carbocycles. The van der Waals surface area contributed by atoms with Crippen LogP contribution in [-0.4, -0.2) is 6.85 Å². The predicted molar refractivity (Wildman–Crippen MR) is 195 cm³/mol. The minimum Gasteiger partial charge on any atom is -0.376 e. The maximum absolute atomic E-state index is 2.67. The summed E-state index contributed by atoms with van der Waals surface area (Å²) in [6.07, 6.45) is 0. The van der Waals surface area contributed by atoms with Gasteiger partial charge in [-0.1, -0.05) is 139 Å². The smallest absolute Gasteiger partial charge is 0.333 e. The van der Waals surface area contributed by atoms with E-state index >= 15 is 0 Å². The number of hydrogen-bond donors (Lipinski definition) is 0. The summed E-state index contributed by atoms with van der Waals surface area (Å²) in [5.74, 6) is 0. The molecule has 0 saturated carbocycles. The van der Waals surface area contributed by atoms with Crippen molar-refractivity contribution in [2.75, 3.05) is 9.71 Å². The van der Waals surface area contributed by atoms with Crippen molar-refractivity contribution in [2.24, 2.45) is 0 Å². The first-order valence-electron chi connectivity index (χ1n) is 16.2. The van der Waals surface area contributed by atoms with Crippen LogP contribution in [0.5, 0.6) is 0 Å². The van der Waals surface area contributed by atoms with Crippen LogP contribution in [0.4, 0.5) is 28.4 Å². The largest absolute Gasteiger partial charge is 0.376 e. The summed E-state index contributed by atoms with van der Waals surface area (Å²) in [6.45, 7) is 13.9. The summed E-state index contributed by atoms with van der Waals surface area (Å²) in [5, 5.41) is 2.56. The molecule has 2 heterocycles. The van der Waals surface area contributed by atoms with Crippen LogP contribution >= 0.6 is 0 Å². The Morgan fingerprint density at radius 2 is 1.16 bits per heavy atom. The maximum atomic E-state index is 2.67. The quantitative estimate of drug-likeness (QED) is 0.188. The van der Waals surface area contributed by atoms with Crippen LogP contribution < -0.4 is 20.6 Å². The SMILES string of the molecule is CC(C)(C)c1ccc(N2c3ccccc3B3c4c(cccc42)-c2ccccc2N3c2c(C(C)(C)C)ccc3ccccc23)cc1. The highest BCUT2D eigenvalue weighted by molar-refractivity contribution is 6.93. The third kappa shape index (κ3) is 4.25. The van der Waals surface area contributed by atoms with E-state index in [0.717, 1.165) is 0 Å². The van der Waals surface area contributed by atoms with Gasteiger partial charge in [-0.25, -0.2) is 0 Å². The van der Waals surface area contributed by atoms with Crippen LogP contribution in [0.3, 0.4) is 0 Å². The Morgan fingerprint density at radius 3 is 1.91 bits per heavy atom. The van der Waals surface area contributed by atoms with Crippen LogP contribution in [0, 0.1) is 0 Å². The zero-order chi connectivity index (χ0) is 31.1. The van der Waals surface area contributed by atoms with E-state index in [2.05, 4.69) is 179 Å². The van der Waals surface area contributed by atoms with Crippen LogP contribution in [0.15, 0.2) is 127 Å². The van der Waals surface area contributed by atoms with Crippen molar-refractivity contribution >= 4 is 57.0 Å². The van der Waals surface area contributed by atoms with E-state index in [1.54, 1.807) is 0 Å². The number of nitrogens with zero attached hydrogens (tertiary/aromatic N) is 2. The van der Waals surface area contributed by atoms with Gasteiger partial charge in [0, 0.05) is 39.4 Å². The van der Waals surface area contributed by atoms with Gasteiger partial charge < -0.3 is 9.71 Å². The number of hydrogen-bond acceptors (Lipinski definition) is 2. The molecule has 0 radical (unpaired) electrons. The number of para-hydroxylation sites is 2. The molecule has 2 nitrogen and oxygen atoms in total. The van der Waals surface area contributed by atoms with Crippen LogP contribution in [0.1, 0.15) is 52.7 Å². The standard InChI is InChI=1S/C42H39BN2/c1-41(2,3)29-23-25-30(26-24-29)44-37-20-12-10-18-35(37)43-39-33(17-13-21-38(39)44)32-16-9-11-19-36(32)45(43)40-31-15-8-7-14-28(31)22-27-34(40)42(4,5)6/h7-27H,1-6H3. The van der Waals surface area contributed by atoms with Gasteiger partial charge in [-0.15, -0.1) is 0 Å². The van der Waals surface area contributed by atoms with Crippen molar-refractivity contribution in [2.45, 2.75) is 52.4 Å². The molecule has 6 aromatic carbocycles. The lowest BCUT2D eigenvalue weighted by atomic mass is 9.43. The van der Waals surface area contributed by atoms with E-state index < -0.39 is 0 Å². The maximum Gasteiger partial charge on any atom is 0.333 e. The molecule has 0 spiro atoms. The van der Waals surface area contributed by atoms with Crippen molar-refractivity contribution in [1.82, 2.24) is 0 Å². The molecular weight excluding hydrogens is 543 g/mol. The fraction of sp³-hybridized carbons (Fsp3) is 0.190. The molecule has 45 heavy (non-hydrogen) atoms. The van der Waals surface area contributed by atoms with Gasteiger partial charge in [-0.2, -0.15) is 0 Å². The monoisotopic (exact) mass is 582 g/mol. The molecule has 8 rings (SSSR count). The van der Waals surface area contributed by atoms with Crippen LogP contribution in [-0.2, 0) is 10.8 Å². The zero-order valence-corrected chi connectivity index (χ0v) is 27.1. The second-order valence-electron chi connectivity index (χ2n) is 14.7. The van der Waals surface area contributed by atoms with Crippen LogP contribution in [0.2, 0.25) is 0 Å². The van der Waals surface area contributed by atoms with Gasteiger partial charge in [0.05, 0.1) is 0 Å². The average molecular weight is 583 g/mol. The van der Waals surface area contributed by atoms with Gasteiger partial charge in [0.15, 0.2) is 0 Å². The molecule has 3 heteroatoms. The molecule has 0 amide bonds. The highest BCUT2D eigenvalue weighted by atomic mass is 15.2. The fourth-order valence-corrected chi connectivity index (χ4v) is 7.55. The van der Waals surface area contributed by atoms with Crippen LogP contribution in [0.25, 0.3) is 21.9 Å². The molecule has 0 N–H and O–H groups in total. The minimum absolute atomic E-state index is 0.0132. The Labute approximate surface area is 268 Å². The van der Waals surface area contributed by atoms with Gasteiger partial charge in [0.2, 0.25) is 0 Å². The van der Waals surface area contributed by atoms with Crippen molar-refractivity contribution < 1.29 is 0 Å². The molecule has 0 unspecified atom stereocenters. The van der Waals surface area contributed by atoms with Gasteiger partial charge >= 0.3 is 6.85 Å². The molecular formula is C42H39BN2. The molecule has 2 aliphatic heterocycles. The molecule has 0 bridgehead atoms. The third-order valence-electron chi connectivity index (χ3n) is 9.72. The minimum atomic E-state index is -0.0525. The molecule has 220 valence electrons. The Hall–Kier alpha value is -4.76. The fourth-order valence-electron chi connectivity index (χ4n) is 7.55. The number of benzene rings is 6. The highest BCUT2D eigenvalue weighted by Crippen LogP contribution is 2.49. The van der Waals surface area contributed by atoms with E-state index in [4.69, 9.17) is 0 Å². The topological polar surface area (TPSA) is 6.48 Å². The molecule has 0 aromatic heterocycles. The van der Waals surface area contributed by atoms with Gasteiger partial charge in [0.25, 0.3) is 0 Å². The summed E-state index contributed by atoms with van der Waals surface area (Å²) in [4.78, 5) is 5.15. The highest BCUT2D eigenvalue weighted by Gasteiger charge is 2.45. The third-order valence-corrected chi connectivity index (χ3v) is 9.72. The Balaban J connectivity index is 1.46. The van der Waals surface area contributed by atoms with E-state index in [9.17, 15) is 0 Å². The molecule has 2 aliphatic rings. The van der Waals surface area contributed by atoms with Crippen molar-refractivity contribution in [3.8, 4) is 11.1 Å². The van der Waals surface area contributed by atoms with Gasteiger partial charge in [0.1, 0.15) is 0 Å². The first-order valence-corrected chi connectivity index (χ1v) is 16.2. The molecule has 0 atom stereocenters. The molecule has 0 saturated heterocycles. The van der Waals surface area contributed by atoms with Gasteiger partial charge in [-0.05, 0) is 74.2 Å². The van der Waals surface area contributed by atoms with E-state index in [1.165, 1.54) is 72.4 Å². The van der Waals surface area contributed by atoms with E-state index in [-0.39, 0.29) is 17.7 Å². The van der Waals surface area contributed by atoms with Gasteiger partial charge in [-0.3, -0.25) is 0 Å². The summed E-state index contributed by atoms with van der Waals surface area (Å²) in [6, 6.07) is 47.7. The number of rotatable bonds is 2. The first-order chi connectivity index (χ1) is 21.6. The molecule has 0 fully saturated rings. The zero-order valence-electron chi connectivity index (χ0n) is 27.1. The lowest BCUT2D eigenvalue weighted by molar-refractivity contribution is 0.590. The Bertz CT molecular complexity index is 2100. The average Bonchev–Trinajstić information content (AvgIpc) is 3.04. The lowest BCUT2D eigenvalue weighted by Crippen LogP contribution is -2.61. The van der Waals surface area contributed by atoms with Crippen molar-refractivity contribution in [3.05, 3.63) is 139 Å². The van der Waals surface area contributed by atoms with Crippen molar-refractivity contribution in [3.63, 3.8) is 0 Å². The number of anilines is 5.